The molecule has 1 saturated carbocycles. The molecule has 96 valence electrons. The first-order chi connectivity index (χ1) is 8.06. The fourth-order valence-electron chi connectivity index (χ4n) is 2.66. The van der Waals surface area contributed by atoms with Crippen LogP contribution in [-0.2, 0) is 14.3 Å². The summed E-state index contributed by atoms with van der Waals surface area (Å²) < 4.78 is 5.36. The maximum atomic E-state index is 11.9. The highest BCUT2D eigenvalue weighted by Gasteiger charge is 2.34. The Hall–Kier alpha value is -1.10. The lowest BCUT2D eigenvalue weighted by atomic mass is 10.0. The molecule has 2 unspecified atom stereocenters. The van der Waals surface area contributed by atoms with Gasteiger partial charge in [-0.05, 0) is 32.6 Å². The lowest BCUT2D eigenvalue weighted by molar-refractivity contribution is -0.141. The van der Waals surface area contributed by atoms with Crippen molar-refractivity contribution in [3.05, 3.63) is 0 Å². The molecule has 0 aromatic carbocycles. The standard InChI is InChI=1S/C12H19NO4/c1-7-4-9(6-17-7)11(14)13-10-3-2-8(5-10)12(15)16/h7-10H,2-6H2,1H3,(H,13,14)(H,15,16)/t7?,8-,9?,10+/m1/s1. The highest BCUT2D eigenvalue weighted by Crippen LogP contribution is 2.26. The summed E-state index contributed by atoms with van der Waals surface area (Å²) >= 11 is 0. The molecule has 17 heavy (non-hydrogen) atoms. The molecule has 0 spiro atoms. The second-order valence-electron chi connectivity index (χ2n) is 5.13. The number of nitrogens with one attached hydrogen (secondary N) is 1. The number of ether oxygens (including phenoxy) is 1. The van der Waals surface area contributed by atoms with Gasteiger partial charge in [-0.3, -0.25) is 9.59 Å². The van der Waals surface area contributed by atoms with Crippen LogP contribution in [0, 0.1) is 11.8 Å². The highest BCUT2D eigenvalue weighted by molar-refractivity contribution is 5.79. The van der Waals surface area contributed by atoms with E-state index in [2.05, 4.69) is 5.32 Å². The second-order valence-corrected chi connectivity index (χ2v) is 5.13. The quantitative estimate of drug-likeness (QED) is 0.765. The van der Waals surface area contributed by atoms with Crippen molar-refractivity contribution < 1.29 is 19.4 Å². The van der Waals surface area contributed by atoms with Crippen LogP contribution in [0.2, 0.25) is 0 Å². The van der Waals surface area contributed by atoms with E-state index in [4.69, 9.17) is 9.84 Å². The van der Waals surface area contributed by atoms with Gasteiger partial charge in [0.05, 0.1) is 24.5 Å². The Balaban J connectivity index is 1.78. The van der Waals surface area contributed by atoms with E-state index in [0.29, 0.717) is 19.4 Å². The van der Waals surface area contributed by atoms with E-state index in [0.717, 1.165) is 12.8 Å². The van der Waals surface area contributed by atoms with Crippen molar-refractivity contribution >= 4 is 11.9 Å². The van der Waals surface area contributed by atoms with Crippen molar-refractivity contribution in [3.8, 4) is 0 Å². The zero-order valence-corrected chi connectivity index (χ0v) is 10.0. The molecule has 2 N–H and O–H groups in total. The summed E-state index contributed by atoms with van der Waals surface area (Å²) in [5, 5.41) is 11.8. The van der Waals surface area contributed by atoms with Gasteiger partial charge in [0, 0.05) is 6.04 Å². The molecule has 0 aromatic heterocycles. The van der Waals surface area contributed by atoms with E-state index in [1.54, 1.807) is 0 Å². The molecular weight excluding hydrogens is 222 g/mol. The lowest BCUT2D eigenvalue weighted by Crippen LogP contribution is -2.38. The third-order valence-electron chi connectivity index (χ3n) is 3.70. The Morgan fingerprint density at radius 3 is 2.53 bits per heavy atom. The molecule has 1 aliphatic carbocycles. The molecule has 5 heteroatoms. The van der Waals surface area contributed by atoms with Gasteiger partial charge in [-0.15, -0.1) is 0 Å². The Morgan fingerprint density at radius 1 is 1.24 bits per heavy atom. The topological polar surface area (TPSA) is 75.6 Å². The average Bonchev–Trinajstić information content (AvgIpc) is 2.86. The van der Waals surface area contributed by atoms with E-state index in [1.165, 1.54) is 0 Å². The van der Waals surface area contributed by atoms with Gasteiger partial charge in [0.1, 0.15) is 0 Å². The van der Waals surface area contributed by atoms with Crippen molar-refractivity contribution in [3.63, 3.8) is 0 Å². The minimum atomic E-state index is -0.750. The van der Waals surface area contributed by atoms with Gasteiger partial charge in [-0.1, -0.05) is 0 Å². The maximum Gasteiger partial charge on any atom is 0.306 e. The van der Waals surface area contributed by atoms with Crippen molar-refractivity contribution in [1.82, 2.24) is 5.32 Å². The van der Waals surface area contributed by atoms with E-state index in [9.17, 15) is 9.59 Å². The summed E-state index contributed by atoms with van der Waals surface area (Å²) in [6, 6.07) is 0.0273. The molecule has 2 rings (SSSR count). The van der Waals surface area contributed by atoms with Gasteiger partial charge < -0.3 is 15.2 Å². The number of carbonyl (C=O) groups is 2. The molecule has 5 nitrogen and oxygen atoms in total. The predicted molar refractivity (Wildman–Crippen MR) is 60.4 cm³/mol. The molecule has 1 heterocycles. The van der Waals surface area contributed by atoms with Gasteiger partial charge in [0.2, 0.25) is 5.91 Å². The van der Waals surface area contributed by atoms with Crippen molar-refractivity contribution in [2.75, 3.05) is 6.61 Å². The molecule has 0 bridgehead atoms. The van der Waals surface area contributed by atoms with Crippen LogP contribution in [-0.4, -0.2) is 35.7 Å². The highest BCUT2D eigenvalue weighted by atomic mass is 16.5. The Morgan fingerprint density at radius 2 is 2.00 bits per heavy atom. The lowest BCUT2D eigenvalue weighted by Gasteiger charge is -2.15. The first-order valence-electron chi connectivity index (χ1n) is 6.21. The van der Waals surface area contributed by atoms with Crippen LogP contribution < -0.4 is 5.32 Å². The predicted octanol–water partition coefficient (Wildman–Crippen LogP) is 0.781. The summed E-state index contributed by atoms with van der Waals surface area (Å²) in [4.78, 5) is 22.7. The summed E-state index contributed by atoms with van der Waals surface area (Å²) in [5.74, 6) is -1.09. The molecule has 0 aromatic rings. The number of hydrogen-bond donors (Lipinski definition) is 2. The molecule has 2 fully saturated rings. The molecule has 2 aliphatic rings. The van der Waals surface area contributed by atoms with Crippen LogP contribution in [0.1, 0.15) is 32.6 Å². The largest absolute Gasteiger partial charge is 0.481 e. The number of rotatable bonds is 3. The van der Waals surface area contributed by atoms with Gasteiger partial charge in [-0.2, -0.15) is 0 Å². The van der Waals surface area contributed by atoms with Crippen molar-refractivity contribution in [2.45, 2.75) is 44.8 Å². The van der Waals surface area contributed by atoms with Gasteiger partial charge in [0.15, 0.2) is 0 Å². The number of hydrogen-bond acceptors (Lipinski definition) is 3. The average molecular weight is 241 g/mol. The van der Waals surface area contributed by atoms with E-state index in [-0.39, 0.29) is 29.9 Å². The monoisotopic (exact) mass is 241 g/mol. The van der Waals surface area contributed by atoms with Crippen LogP contribution in [0.25, 0.3) is 0 Å². The first-order valence-corrected chi connectivity index (χ1v) is 6.21. The summed E-state index contributed by atoms with van der Waals surface area (Å²) in [5.41, 5.74) is 0. The van der Waals surface area contributed by atoms with E-state index in [1.807, 2.05) is 6.92 Å². The fourth-order valence-corrected chi connectivity index (χ4v) is 2.66. The van der Waals surface area contributed by atoms with Gasteiger partial charge in [-0.25, -0.2) is 0 Å². The van der Waals surface area contributed by atoms with Crippen LogP contribution in [0.3, 0.4) is 0 Å². The van der Waals surface area contributed by atoms with Crippen LogP contribution in [0.4, 0.5) is 0 Å². The molecular formula is C12H19NO4. The third kappa shape index (κ3) is 2.97. The molecule has 0 radical (unpaired) electrons. The Bertz CT molecular complexity index is 318. The fraction of sp³-hybridized carbons (Fsp3) is 0.833. The molecule has 1 aliphatic heterocycles. The number of carboxylic acid groups (broad SMARTS) is 1. The van der Waals surface area contributed by atoms with E-state index >= 15 is 0 Å². The number of amides is 1. The maximum absolute atomic E-state index is 11.9. The molecule has 1 saturated heterocycles. The smallest absolute Gasteiger partial charge is 0.306 e. The molecule has 4 atom stereocenters. The minimum absolute atomic E-state index is 0.0189. The summed E-state index contributed by atoms with van der Waals surface area (Å²) in [6.07, 6.45) is 2.91. The minimum Gasteiger partial charge on any atom is -0.481 e. The van der Waals surface area contributed by atoms with Crippen molar-refractivity contribution in [2.24, 2.45) is 11.8 Å². The second kappa shape index (κ2) is 5.04. The number of aliphatic carboxylic acids is 1. The zero-order chi connectivity index (χ0) is 12.4. The number of carboxylic acids is 1. The first kappa shape index (κ1) is 12.4. The van der Waals surface area contributed by atoms with E-state index < -0.39 is 5.97 Å². The summed E-state index contributed by atoms with van der Waals surface area (Å²) in [7, 11) is 0. The van der Waals surface area contributed by atoms with Gasteiger partial charge >= 0.3 is 5.97 Å². The van der Waals surface area contributed by atoms with Crippen LogP contribution in [0.5, 0.6) is 0 Å². The van der Waals surface area contributed by atoms with Crippen LogP contribution >= 0.6 is 0 Å². The zero-order valence-electron chi connectivity index (χ0n) is 10.0. The van der Waals surface area contributed by atoms with Gasteiger partial charge in [0.25, 0.3) is 0 Å². The summed E-state index contributed by atoms with van der Waals surface area (Å²) in [6.45, 7) is 2.45. The Labute approximate surface area is 101 Å². The third-order valence-corrected chi connectivity index (χ3v) is 3.70. The van der Waals surface area contributed by atoms with Crippen molar-refractivity contribution in [1.29, 1.82) is 0 Å². The molecule has 1 amide bonds. The Kier molecular flexibility index (Phi) is 3.66. The normalized spacial score (nSPS) is 37.0. The SMILES string of the molecule is CC1CC(C(=O)N[C@H]2CC[C@@H](C(=O)O)C2)CO1. The van der Waals surface area contributed by atoms with Crippen LogP contribution in [0.15, 0.2) is 0 Å². The number of carbonyl (C=O) groups excluding carboxylic acids is 1.